The first-order valence-corrected chi connectivity index (χ1v) is 6.19. The molecular weight excluding hydrogens is 236 g/mol. The number of carbonyl (C=O) groups excluding carboxylic acids is 4. The molecule has 0 amide bonds. The molecule has 5 nitrogen and oxygen atoms in total. The third-order valence-corrected chi connectivity index (χ3v) is 2.90. The Morgan fingerprint density at radius 1 is 1.17 bits per heavy atom. The standard InChI is InChI=1S/C13H18O5/c1-8(2)9(14)4-3-5-12(17)18-13-10(15)6-7-11(13)16/h8,13H,3-7H2,1-2H3. The van der Waals surface area contributed by atoms with Crippen LogP contribution in [0, 0.1) is 5.92 Å². The molecule has 0 aliphatic heterocycles. The highest BCUT2D eigenvalue weighted by atomic mass is 16.5. The maximum atomic E-state index is 11.4. The summed E-state index contributed by atoms with van der Waals surface area (Å²) >= 11 is 0. The van der Waals surface area contributed by atoms with Crippen molar-refractivity contribution in [3.8, 4) is 0 Å². The molecule has 1 aliphatic rings. The van der Waals surface area contributed by atoms with E-state index in [4.69, 9.17) is 4.74 Å². The molecule has 5 heteroatoms. The van der Waals surface area contributed by atoms with Crippen LogP contribution in [0.3, 0.4) is 0 Å². The highest BCUT2D eigenvalue weighted by Crippen LogP contribution is 2.15. The molecule has 0 aromatic rings. The summed E-state index contributed by atoms with van der Waals surface area (Å²) < 4.78 is 4.83. The number of rotatable bonds is 6. The van der Waals surface area contributed by atoms with E-state index in [-0.39, 0.29) is 42.5 Å². The molecule has 0 saturated heterocycles. The van der Waals surface area contributed by atoms with Crippen molar-refractivity contribution < 1.29 is 23.9 Å². The molecule has 0 unspecified atom stereocenters. The van der Waals surface area contributed by atoms with Crippen molar-refractivity contribution in [2.75, 3.05) is 0 Å². The minimum Gasteiger partial charge on any atom is -0.446 e. The zero-order valence-electron chi connectivity index (χ0n) is 10.7. The quantitative estimate of drug-likeness (QED) is 0.526. The maximum Gasteiger partial charge on any atom is 0.306 e. The summed E-state index contributed by atoms with van der Waals surface area (Å²) in [5.74, 6) is -1.19. The molecule has 1 fully saturated rings. The summed E-state index contributed by atoms with van der Waals surface area (Å²) in [5, 5.41) is 0. The predicted octanol–water partition coefficient (Wildman–Crippen LogP) is 1.23. The fourth-order valence-electron chi connectivity index (χ4n) is 1.71. The van der Waals surface area contributed by atoms with Gasteiger partial charge >= 0.3 is 5.97 Å². The summed E-state index contributed by atoms with van der Waals surface area (Å²) in [6.45, 7) is 3.60. The van der Waals surface area contributed by atoms with E-state index < -0.39 is 12.1 Å². The summed E-state index contributed by atoms with van der Waals surface area (Å²) in [5.41, 5.74) is 0. The van der Waals surface area contributed by atoms with Gasteiger partial charge in [0, 0.05) is 31.6 Å². The topological polar surface area (TPSA) is 77.5 Å². The van der Waals surface area contributed by atoms with Crippen molar-refractivity contribution in [3.05, 3.63) is 0 Å². The normalized spacial score (nSPS) is 16.4. The number of ether oxygens (including phenoxy) is 1. The molecule has 1 aliphatic carbocycles. The van der Waals surface area contributed by atoms with Crippen LogP contribution in [0.25, 0.3) is 0 Å². The van der Waals surface area contributed by atoms with Gasteiger partial charge in [0.05, 0.1) is 0 Å². The zero-order chi connectivity index (χ0) is 13.7. The largest absolute Gasteiger partial charge is 0.446 e. The van der Waals surface area contributed by atoms with Gasteiger partial charge in [-0.3, -0.25) is 19.2 Å². The molecule has 18 heavy (non-hydrogen) atoms. The Morgan fingerprint density at radius 3 is 2.22 bits per heavy atom. The fourth-order valence-corrected chi connectivity index (χ4v) is 1.71. The molecule has 0 aromatic heterocycles. The van der Waals surface area contributed by atoms with Crippen molar-refractivity contribution in [2.45, 2.75) is 52.1 Å². The van der Waals surface area contributed by atoms with Crippen molar-refractivity contribution in [1.29, 1.82) is 0 Å². The van der Waals surface area contributed by atoms with Crippen LogP contribution >= 0.6 is 0 Å². The third kappa shape index (κ3) is 4.05. The first-order valence-electron chi connectivity index (χ1n) is 6.19. The Balaban J connectivity index is 2.28. The molecule has 100 valence electrons. The SMILES string of the molecule is CC(C)C(=O)CCCC(=O)OC1C(=O)CCC1=O. The average Bonchev–Trinajstić information content (AvgIpc) is 2.60. The second-order valence-corrected chi connectivity index (χ2v) is 4.78. The van der Waals surface area contributed by atoms with Crippen molar-refractivity contribution >= 4 is 23.3 Å². The van der Waals surface area contributed by atoms with E-state index in [1.54, 1.807) is 13.8 Å². The van der Waals surface area contributed by atoms with E-state index in [1.807, 2.05) is 0 Å². The Hall–Kier alpha value is -1.52. The average molecular weight is 254 g/mol. The monoisotopic (exact) mass is 254 g/mol. The van der Waals surface area contributed by atoms with Gasteiger partial charge in [0.15, 0.2) is 11.6 Å². The summed E-state index contributed by atoms with van der Waals surface area (Å²) in [4.78, 5) is 45.2. The summed E-state index contributed by atoms with van der Waals surface area (Å²) in [6, 6.07) is 0. The Morgan fingerprint density at radius 2 is 1.72 bits per heavy atom. The Kier molecular flexibility index (Phi) is 5.19. The molecular formula is C13H18O5. The highest BCUT2D eigenvalue weighted by Gasteiger charge is 2.35. The van der Waals surface area contributed by atoms with E-state index in [2.05, 4.69) is 0 Å². The third-order valence-electron chi connectivity index (χ3n) is 2.90. The fraction of sp³-hybridized carbons (Fsp3) is 0.692. The van der Waals surface area contributed by atoms with Crippen LogP contribution < -0.4 is 0 Å². The van der Waals surface area contributed by atoms with Crippen molar-refractivity contribution in [2.24, 2.45) is 5.92 Å². The van der Waals surface area contributed by atoms with Crippen LogP contribution in [0.2, 0.25) is 0 Å². The predicted molar refractivity (Wildman–Crippen MR) is 62.8 cm³/mol. The first-order chi connectivity index (χ1) is 8.41. The summed E-state index contributed by atoms with van der Waals surface area (Å²) in [7, 11) is 0. The highest BCUT2D eigenvalue weighted by molar-refractivity contribution is 6.12. The minimum absolute atomic E-state index is 0.0426. The van der Waals surface area contributed by atoms with Gasteiger partial charge < -0.3 is 4.74 Å². The van der Waals surface area contributed by atoms with Crippen LogP contribution in [-0.4, -0.2) is 29.4 Å². The molecule has 0 N–H and O–H groups in total. The lowest BCUT2D eigenvalue weighted by Crippen LogP contribution is -2.28. The van der Waals surface area contributed by atoms with Gasteiger partial charge in [0.1, 0.15) is 5.78 Å². The van der Waals surface area contributed by atoms with Crippen LogP contribution in [-0.2, 0) is 23.9 Å². The van der Waals surface area contributed by atoms with E-state index in [0.29, 0.717) is 12.8 Å². The number of carbonyl (C=O) groups is 4. The van der Waals surface area contributed by atoms with E-state index in [9.17, 15) is 19.2 Å². The van der Waals surface area contributed by atoms with Gasteiger partial charge in [0.25, 0.3) is 0 Å². The van der Waals surface area contributed by atoms with E-state index >= 15 is 0 Å². The number of ketones is 3. The molecule has 0 heterocycles. The first kappa shape index (κ1) is 14.5. The van der Waals surface area contributed by atoms with Gasteiger partial charge in [-0.25, -0.2) is 0 Å². The van der Waals surface area contributed by atoms with Crippen LogP contribution in [0.1, 0.15) is 46.0 Å². The second kappa shape index (κ2) is 6.42. The smallest absolute Gasteiger partial charge is 0.306 e. The van der Waals surface area contributed by atoms with Crippen LogP contribution in [0.4, 0.5) is 0 Å². The zero-order valence-corrected chi connectivity index (χ0v) is 10.7. The number of hydrogen-bond acceptors (Lipinski definition) is 5. The van der Waals surface area contributed by atoms with E-state index in [1.165, 1.54) is 0 Å². The van der Waals surface area contributed by atoms with Gasteiger partial charge in [-0.2, -0.15) is 0 Å². The van der Waals surface area contributed by atoms with Crippen molar-refractivity contribution in [3.63, 3.8) is 0 Å². The van der Waals surface area contributed by atoms with Gasteiger partial charge in [-0.15, -0.1) is 0 Å². The summed E-state index contributed by atoms with van der Waals surface area (Å²) in [6.07, 6.45) is -0.108. The molecule has 0 spiro atoms. The van der Waals surface area contributed by atoms with Crippen LogP contribution in [0.5, 0.6) is 0 Å². The number of hydrogen-bond donors (Lipinski definition) is 0. The van der Waals surface area contributed by atoms with Crippen LogP contribution in [0.15, 0.2) is 0 Å². The minimum atomic E-state index is -1.20. The number of esters is 1. The second-order valence-electron chi connectivity index (χ2n) is 4.78. The molecule has 0 radical (unpaired) electrons. The lowest BCUT2D eigenvalue weighted by atomic mass is 10.0. The Labute approximate surface area is 106 Å². The lowest BCUT2D eigenvalue weighted by molar-refractivity contribution is -0.157. The molecule has 0 atom stereocenters. The Bertz CT molecular complexity index is 354. The van der Waals surface area contributed by atoms with Gasteiger partial charge in [-0.1, -0.05) is 13.8 Å². The molecule has 0 bridgehead atoms. The van der Waals surface area contributed by atoms with E-state index in [0.717, 1.165) is 0 Å². The van der Waals surface area contributed by atoms with Crippen molar-refractivity contribution in [1.82, 2.24) is 0 Å². The lowest BCUT2D eigenvalue weighted by Gasteiger charge is -2.09. The maximum absolute atomic E-state index is 11.4. The molecule has 0 aromatic carbocycles. The number of Topliss-reactive ketones (excluding diaryl/α,β-unsaturated/α-hetero) is 3. The molecule has 1 saturated carbocycles. The van der Waals surface area contributed by atoms with Gasteiger partial charge in [0.2, 0.25) is 6.10 Å². The van der Waals surface area contributed by atoms with Gasteiger partial charge in [-0.05, 0) is 6.42 Å². The molecule has 1 rings (SSSR count).